The summed E-state index contributed by atoms with van der Waals surface area (Å²) >= 11 is 0. The van der Waals surface area contributed by atoms with Crippen LogP contribution in [0.25, 0.3) is 0 Å². The van der Waals surface area contributed by atoms with E-state index in [1.165, 1.54) is 0 Å². The zero-order chi connectivity index (χ0) is 0. The summed E-state index contributed by atoms with van der Waals surface area (Å²) in [5, 5.41) is 0. The van der Waals surface area contributed by atoms with Gasteiger partial charge in [0.1, 0.15) is 0 Å². The summed E-state index contributed by atoms with van der Waals surface area (Å²) < 4.78 is 0. The molecule has 8 heavy (non-hydrogen) atoms. The van der Waals surface area contributed by atoms with Crippen LogP contribution in [0.15, 0.2) is 0 Å². The van der Waals surface area contributed by atoms with Gasteiger partial charge in [0.25, 0.3) is 0 Å². The van der Waals surface area contributed by atoms with Crippen molar-refractivity contribution in [1.29, 1.82) is 0 Å². The van der Waals surface area contributed by atoms with Crippen LogP contribution in [0.5, 0.6) is 0 Å². The van der Waals surface area contributed by atoms with Gasteiger partial charge in [0.2, 0.25) is 0 Å². The maximum atomic E-state index is 0. The van der Waals surface area contributed by atoms with E-state index in [0.29, 0.717) is 0 Å². The standard InChI is InChI=1S/Bi.Gd.5O.Ru/q2*+3;5*-2;+4. The molecule has 0 aromatic heterocycles. The van der Waals surface area contributed by atoms with Gasteiger partial charge in [0.05, 0.1) is 0 Å². The first-order valence-electron chi connectivity index (χ1n) is 0. The fourth-order valence-corrected chi connectivity index (χ4v) is 0. The van der Waals surface area contributed by atoms with Gasteiger partial charge in [0, 0.05) is 0 Å². The third-order valence-electron chi connectivity index (χ3n) is 0. The van der Waals surface area contributed by atoms with Gasteiger partial charge in [-0.05, 0) is 0 Å². The SMILES string of the molecule is [Bi+3].[Gd+3].[O-2].[O-2].[O-2].[O-2].[O-2].[Ru+4]. The van der Waals surface area contributed by atoms with E-state index >= 15 is 0 Å². The maximum Gasteiger partial charge on any atom is 4.00 e. The second-order valence-electron chi connectivity index (χ2n) is 0. The molecule has 0 aliphatic heterocycles. The van der Waals surface area contributed by atoms with Crippen molar-refractivity contribution in [2.24, 2.45) is 0 Å². The van der Waals surface area contributed by atoms with Crippen molar-refractivity contribution < 1.29 is 86.8 Å². The van der Waals surface area contributed by atoms with Gasteiger partial charge in [-0.15, -0.1) is 0 Å². The minimum absolute atomic E-state index is 0. The minimum atomic E-state index is 0. The monoisotopic (exact) mass is 549 g/mol. The molecule has 0 N–H and O–H groups in total. The molecular weight excluding hydrogens is 547 g/mol. The van der Waals surface area contributed by atoms with Gasteiger partial charge in [-0.2, -0.15) is 0 Å². The van der Waals surface area contributed by atoms with Crippen LogP contribution in [0.2, 0.25) is 0 Å². The summed E-state index contributed by atoms with van der Waals surface area (Å²) in [6.45, 7) is 0. The molecule has 0 aliphatic carbocycles. The number of hydrogen-bond acceptors (Lipinski definition) is 0. The second-order valence-corrected chi connectivity index (χ2v) is 0. The average molecular weight is 547 g/mol. The van der Waals surface area contributed by atoms with Gasteiger partial charge < -0.3 is 27.4 Å². The van der Waals surface area contributed by atoms with Crippen molar-refractivity contribution in [3.8, 4) is 0 Å². The summed E-state index contributed by atoms with van der Waals surface area (Å²) in [4.78, 5) is 0. The molecule has 0 aromatic carbocycles. The molecule has 0 heterocycles. The number of hydrogen-bond donors (Lipinski definition) is 0. The van der Waals surface area contributed by atoms with Crippen LogP contribution in [0, 0.1) is 39.9 Å². The zero-order valence-corrected chi connectivity index (χ0v) is 10.7. The summed E-state index contributed by atoms with van der Waals surface area (Å²) in [6.07, 6.45) is 0. The third-order valence-corrected chi connectivity index (χ3v) is 0. The Hall–Kier alpha value is 2.63. The van der Waals surface area contributed by atoms with Crippen LogP contribution in [0.4, 0.5) is 0 Å². The fraction of sp³-hybridized carbons (Fsp3) is 0. The summed E-state index contributed by atoms with van der Waals surface area (Å²) in [5.41, 5.74) is 0. The quantitative estimate of drug-likeness (QED) is 0.344. The topological polar surface area (TPSA) is 142 Å². The molecule has 0 atom stereocenters. The molecular formula is BiGdO5Ru. The number of rotatable bonds is 0. The molecule has 0 spiro atoms. The van der Waals surface area contributed by atoms with Crippen molar-refractivity contribution in [2.45, 2.75) is 0 Å². The Labute approximate surface area is 111 Å². The van der Waals surface area contributed by atoms with Gasteiger partial charge >= 0.3 is 85.6 Å². The van der Waals surface area contributed by atoms with E-state index in [2.05, 4.69) is 0 Å². The van der Waals surface area contributed by atoms with E-state index in [9.17, 15) is 0 Å². The Bertz CT molecular complexity index is 12.4. The van der Waals surface area contributed by atoms with E-state index in [1.807, 2.05) is 0 Å². The van der Waals surface area contributed by atoms with Crippen molar-refractivity contribution in [2.75, 3.05) is 0 Å². The van der Waals surface area contributed by atoms with Crippen LogP contribution < -0.4 is 0 Å². The smallest absolute Gasteiger partial charge is 2.00 e. The average Bonchev–Trinajstić information content (AvgIpc) is 0. The van der Waals surface area contributed by atoms with Crippen LogP contribution in [0.3, 0.4) is 0 Å². The molecule has 3 radical (unpaired) electrons. The fourth-order valence-electron chi connectivity index (χ4n) is 0. The van der Waals surface area contributed by atoms with Crippen LogP contribution in [0.1, 0.15) is 0 Å². The van der Waals surface area contributed by atoms with E-state index in [1.54, 1.807) is 0 Å². The Morgan fingerprint density at radius 2 is 0.500 bits per heavy atom. The van der Waals surface area contributed by atoms with Gasteiger partial charge in [0.15, 0.2) is 0 Å². The Morgan fingerprint density at radius 3 is 0.500 bits per heavy atom. The Balaban J connectivity index is 0. The molecule has 0 amide bonds. The zero-order valence-electron chi connectivity index (χ0n) is 3.20. The second kappa shape index (κ2) is 104. The minimum Gasteiger partial charge on any atom is -2.00 e. The van der Waals surface area contributed by atoms with Crippen molar-refractivity contribution in [3.63, 3.8) is 0 Å². The molecule has 8 heteroatoms. The molecule has 5 nitrogen and oxygen atoms in total. The maximum absolute atomic E-state index is 0. The summed E-state index contributed by atoms with van der Waals surface area (Å²) in [6, 6.07) is 0. The molecule has 0 rings (SSSR count). The molecule has 51 valence electrons. The molecule has 0 aromatic rings. The van der Waals surface area contributed by atoms with E-state index in [4.69, 9.17) is 0 Å². The predicted octanol–water partition coefficient (Wildman–Crippen LogP) is -0.977. The van der Waals surface area contributed by atoms with E-state index < -0.39 is 0 Å². The first-order chi connectivity index (χ1) is 0. The summed E-state index contributed by atoms with van der Waals surface area (Å²) in [5.74, 6) is 0. The van der Waals surface area contributed by atoms with Crippen LogP contribution in [-0.4, -0.2) is 26.2 Å². The predicted molar refractivity (Wildman–Crippen MR) is 9.19 cm³/mol. The van der Waals surface area contributed by atoms with Crippen molar-refractivity contribution in [1.82, 2.24) is 0 Å². The molecule has 0 saturated heterocycles. The van der Waals surface area contributed by atoms with Crippen LogP contribution in [-0.2, 0) is 46.9 Å². The van der Waals surface area contributed by atoms with Crippen LogP contribution >= 0.6 is 0 Å². The summed E-state index contributed by atoms with van der Waals surface area (Å²) in [7, 11) is 0. The van der Waals surface area contributed by atoms with Crippen molar-refractivity contribution in [3.05, 3.63) is 0 Å². The van der Waals surface area contributed by atoms with E-state index in [-0.39, 0.29) is 113 Å². The van der Waals surface area contributed by atoms with E-state index in [0.717, 1.165) is 0 Å². The molecule has 0 aliphatic rings. The normalized spacial score (nSPS) is 0. The molecule has 0 bridgehead atoms. The third kappa shape index (κ3) is 72.6. The molecule has 0 unspecified atom stereocenters. The van der Waals surface area contributed by atoms with Gasteiger partial charge in [-0.25, -0.2) is 0 Å². The molecule has 0 fully saturated rings. The Kier molecular flexibility index (Phi) is 1850. The Morgan fingerprint density at radius 1 is 0.500 bits per heavy atom. The van der Waals surface area contributed by atoms with Gasteiger partial charge in [-0.3, -0.25) is 0 Å². The van der Waals surface area contributed by atoms with Gasteiger partial charge in [-0.1, -0.05) is 0 Å². The largest absolute Gasteiger partial charge is 4.00 e. The first-order valence-corrected chi connectivity index (χ1v) is 0. The first kappa shape index (κ1) is 142. The van der Waals surface area contributed by atoms with Crippen molar-refractivity contribution >= 4 is 26.2 Å². The molecule has 0 saturated carbocycles.